The Morgan fingerprint density at radius 2 is 1.72 bits per heavy atom. The van der Waals surface area contributed by atoms with E-state index in [4.69, 9.17) is 26.8 Å². The molecule has 0 saturated carbocycles. The highest BCUT2D eigenvalue weighted by Crippen LogP contribution is 2.44. The van der Waals surface area contributed by atoms with E-state index in [0.717, 1.165) is 15.2 Å². The molecule has 1 aromatic heterocycles. The van der Waals surface area contributed by atoms with Crippen molar-refractivity contribution in [2.24, 2.45) is 5.73 Å². The predicted octanol–water partition coefficient (Wildman–Crippen LogP) is 5.51. The summed E-state index contributed by atoms with van der Waals surface area (Å²) >= 11 is 8.23. The van der Waals surface area contributed by atoms with E-state index in [1.165, 1.54) is 30.5 Å². The van der Waals surface area contributed by atoms with Crippen LogP contribution in [0.15, 0.2) is 95.5 Å². The van der Waals surface area contributed by atoms with Crippen LogP contribution >= 0.6 is 22.9 Å². The SMILES string of the molecule is COC(=O)C1=C(C(=O)OC)N(c2ccc(-c3nc4ccccc4s3)c(Cl)c2)C(N)=C(C#N)C1c1ccccc1. The summed E-state index contributed by atoms with van der Waals surface area (Å²) in [6.45, 7) is 0. The number of nitrogens with two attached hydrogens (primary N) is 1. The minimum atomic E-state index is -0.952. The molecule has 0 aliphatic carbocycles. The number of ether oxygens (including phenoxy) is 2. The number of aromatic nitrogens is 1. The molecule has 1 atom stereocenters. The maximum Gasteiger partial charge on any atom is 0.355 e. The number of hydrogen-bond donors (Lipinski definition) is 1. The molecule has 1 aliphatic heterocycles. The van der Waals surface area contributed by atoms with Crippen LogP contribution in [0.4, 0.5) is 5.69 Å². The number of para-hydroxylation sites is 1. The van der Waals surface area contributed by atoms with Crippen molar-refractivity contribution in [1.82, 2.24) is 4.98 Å². The third-order valence-corrected chi connectivity index (χ3v) is 7.73. The number of nitriles is 1. The molecule has 0 amide bonds. The summed E-state index contributed by atoms with van der Waals surface area (Å²) in [6, 6.07) is 23.7. The highest BCUT2D eigenvalue weighted by Gasteiger charge is 2.43. The molecule has 3 aromatic carbocycles. The molecule has 0 saturated heterocycles. The summed E-state index contributed by atoms with van der Waals surface area (Å²) in [4.78, 5) is 32.4. The molecule has 1 unspecified atom stereocenters. The van der Waals surface area contributed by atoms with Gasteiger partial charge in [-0.1, -0.05) is 54.1 Å². The minimum Gasteiger partial charge on any atom is -0.466 e. The van der Waals surface area contributed by atoms with Crippen LogP contribution in [-0.2, 0) is 19.1 Å². The first-order valence-electron chi connectivity index (χ1n) is 11.7. The summed E-state index contributed by atoms with van der Waals surface area (Å²) in [6.07, 6.45) is 0. The first-order valence-corrected chi connectivity index (χ1v) is 12.9. The lowest BCUT2D eigenvalue weighted by Gasteiger charge is -2.36. The number of rotatable bonds is 5. The molecule has 0 fully saturated rings. The highest BCUT2D eigenvalue weighted by atomic mass is 35.5. The lowest BCUT2D eigenvalue weighted by Crippen LogP contribution is -2.40. The first kappa shape index (κ1) is 26.0. The molecule has 8 nitrogen and oxygen atoms in total. The van der Waals surface area contributed by atoms with Crippen molar-refractivity contribution in [3.05, 3.63) is 106 Å². The topological polar surface area (TPSA) is 119 Å². The Balaban J connectivity index is 1.72. The Bertz CT molecular complexity index is 1690. The molecule has 10 heteroatoms. The van der Waals surface area contributed by atoms with E-state index < -0.39 is 17.9 Å². The molecular weight excluding hydrogens is 536 g/mol. The van der Waals surface area contributed by atoms with Gasteiger partial charge in [0.2, 0.25) is 0 Å². The molecule has 5 rings (SSSR count). The number of anilines is 1. The number of nitrogens with zero attached hydrogens (tertiary/aromatic N) is 3. The van der Waals surface area contributed by atoms with E-state index in [2.05, 4.69) is 11.1 Å². The van der Waals surface area contributed by atoms with Gasteiger partial charge in [-0.15, -0.1) is 11.3 Å². The fourth-order valence-electron chi connectivity index (χ4n) is 4.59. The molecule has 2 heterocycles. The van der Waals surface area contributed by atoms with Crippen LogP contribution in [0.1, 0.15) is 11.5 Å². The number of carbonyl (C=O) groups is 2. The smallest absolute Gasteiger partial charge is 0.355 e. The third-order valence-electron chi connectivity index (χ3n) is 6.35. The number of esters is 2. The van der Waals surface area contributed by atoms with Crippen molar-refractivity contribution in [3.8, 4) is 16.6 Å². The van der Waals surface area contributed by atoms with Gasteiger partial charge in [0.1, 0.15) is 16.5 Å². The first-order chi connectivity index (χ1) is 18.9. The number of hydrogen-bond acceptors (Lipinski definition) is 9. The number of fused-ring (bicyclic) bond motifs is 1. The fraction of sp³-hybridized carbons (Fsp3) is 0.103. The fourth-order valence-corrected chi connectivity index (χ4v) is 5.91. The summed E-state index contributed by atoms with van der Waals surface area (Å²) < 4.78 is 11.2. The van der Waals surface area contributed by atoms with E-state index in [0.29, 0.717) is 21.8 Å². The van der Waals surface area contributed by atoms with Crippen LogP contribution in [0.5, 0.6) is 0 Å². The van der Waals surface area contributed by atoms with Gasteiger partial charge in [-0.2, -0.15) is 5.26 Å². The molecule has 0 radical (unpaired) electrons. The van der Waals surface area contributed by atoms with Gasteiger partial charge in [0, 0.05) is 11.3 Å². The average molecular weight is 557 g/mol. The quantitative estimate of drug-likeness (QED) is 0.319. The maximum absolute atomic E-state index is 13.2. The van der Waals surface area contributed by atoms with Gasteiger partial charge in [-0.25, -0.2) is 14.6 Å². The van der Waals surface area contributed by atoms with Gasteiger partial charge in [-0.05, 0) is 35.9 Å². The lowest BCUT2D eigenvalue weighted by atomic mass is 9.81. The largest absolute Gasteiger partial charge is 0.466 e. The van der Waals surface area contributed by atoms with E-state index >= 15 is 0 Å². The number of thiazole rings is 1. The van der Waals surface area contributed by atoms with E-state index in [1.54, 1.807) is 48.5 Å². The van der Waals surface area contributed by atoms with Crippen molar-refractivity contribution in [2.75, 3.05) is 19.1 Å². The van der Waals surface area contributed by atoms with Crippen LogP contribution in [0, 0.1) is 11.3 Å². The van der Waals surface area contributed by atoms with Gasteiger partial charge in [0.05, 0.1) is 52.6 Å². The Morgan fingerprint density at radius 1 is 1.03 bits per heavy atom. The van der Waals surface area contributed by atoms with Crippen molar-refractivity contribution in [2.45, 2.75) is 5.92 Å². The zero-order valence-corrected chi connectivity index (χ0v) is 22.4. The summed E-state index contributed by atoms with van der Waals surface area (Å²) in [5.41, 5.74) is 8.86. The van der Waals surface area contributed by atoms with Crippen LogP contribution < -0.4 is 10.6 Å². The Kier molecular flexibility index (Phi) is 7.07. The zero-order valence-electron chi connectivity index (χ0n) is 20.8. The number of allylic oxidation sites excluding steroid dienone is 1. The molecule has 4 aromatic rings. The number of halogens is 1. The monoisotopic (exact) mass is 556 g/mol. The highest BCUT2D eigenvalue weighted by molar-refractivity contribution is 7.21. The van der Waals surface area contributed by atoms with Crippen LogP contribution in [-0.4, -0.2) is 31.1 Å². The summed E-state index contributed by atoms with van der Waals surface area (Å²) in [7, 11) is 2.40. The zero-order chi connectivity index (χ0) is 27.7. The summed E-state index contributed by atoms with van der Waals surface area (Å²) in [5.74, 6) is -2.62. The molecule has 39 heavy (non-hydrogen) atoms. The van der Waals surface area contributed by atoms with Crippen molar-refractivity contribution in [1.29, 1.82) is 5.26 Å². The van der Waals surface area contributed by atoms with E-state index in [-0.39, 0.29) is 22.7 Å². The Labute approximate surface area is 233 Å². The predicted molar refractivity (Wildman–Crippen MR) is 150 cm³/mol. The van der Waals surface area contributed by atoms with Crippen molar-refractivity contribution >= 4 is 50.8 Å². The summed E-state index contributed by atoms with van der Waals surface area (Å²) in [5, 5.41) is 11.2. The average Bonchev–Trinajstić information content (AvgIpc) is 3.40. The molecule has 0 bridgehead atoms. The lowest BCUT2D eigenvalue weighted by molar-refractivity contribution is -0.139. The minimum absolute atomic E-state index is 0.0387. The maximum atomic E-state index is 13.2. The van der Waals surface area contributed by atoms with Gasteiger partial charge in [-0.3, -0.25) is 4.90 Å². The number of benzene rings is 3. The van der Waals surface area contributed by atoms with Crippen LogP contribution in [0.25, 0.3) is 20.8 Å². The van der Waals surface area contributed by atoms with Crippen LogP contribution in [0.3, 0.4) is 0 Å². The molecule has 194 valence electrons. The molecule has 1 aliphatic rings. The van der Waals surface area contributed by atoms with Crippen molar-refractivity contribution < 1.29 is 19.1 Å². The van der Waals surface area contributed by atoms with Gasteiger partial charge in [0.25, 0.3) is 0 Å². The second-order valence-corrected chi connectivity index (χ2v) is 9.92. The van der Waals surface area contributed by atoms with Gasteiger partial charge in [0.15, 0.2) is 0 Å². The van der Waals surface area contributed by atoms with Crippen LogP contribution in [0.2, 0.25) is 5.02 Å². The Morgan fingerprint density at radius 3 is 2.36 bits per heavy atom. The molecule has 0 spiro atoms. The number of methoxy groups -OCH3 is 2. The second kappa shape index (κ2) is 10.6. The van der Waals surface area contributed by atoms with E-state index in [1.807, 2.05) is 24.3 Å². The van der Waals surface area contributed by atoms with Gasteiger partial charge >= 0.3 is 11.9 Å². The standard InChI is InChI=1S/C29H21ClN4O4S/c1-37-28(35)24-23(16-8-4-3-5-9-16)19(15-31)26(32)34(25(24)29(36)38-2)17-12-13-18(20(30)14-17)27-33-21-10-6-7-11-22(21)39-27/h3-14,23H,32H2,1-2H3. The van der Waals surface area contributed by atoms with Crippen molar-refractivity contribution in [3.63, 3.8) is 0 Å². The second-order valence-electron chi connectivity index (χ2n) is 8.49. The third kappa shape index (κ3) is 4.50. The molecular formula is C29H21ClN4O4S. The van der Waals surface area contributed by atoms with Gasteiger partial charge < -0.3 is 15.2 Å². The number of carbonyl (C=O) groups excluding carboxylic acids is 2. The Hall–Kier alpha value is -4.65. The van der Waals surface area contributed by atoms with E-state index in [9.17, 15) is 14.9 Å². The normalized spacial score (nSPS) is 15.3. The molecule has 2 N–H and O–H groups in total.